The van der Waals surface area contributed by atoms with Gasteiger partial charge in [0.25, 0.3) is 0 Å². The summed E-state index contributed by atoms with van der Waals surface area (Å²) in [6.45, 7) is 0.672. The summed E-state index contributed by atoms with van der Waals surface area (Å²) in [6, 6.07) is 0. The third-order valence-electron chi connectivity index (χ3n) is 3.21. The minimum Gasteiger partial charge on any atom is -0.480 e. The van der Waals surface area contributed by atoms with Crippen molar-refractivity contribution in [3.05, 3.63) is 0 Å². The van der Waals surface area contributed by atoms with Gasteiger partial charge < -0.3 is 19.6 Å². The Balaban J connectivity index is 2.64. The van der Waals surface area contributed by atoms with Crippen molar-refractivity contribution < 1.29 is 24.2 Å². The van der Waals surface area contributed by atoms with Crippen molar-refractivity contribution in [2.75, 3.05) is 40.4 Å². The molecule has 1 N–H and O–H groups in total. The molecule has 0 radical (unpaired) electrons. The Morgan fingerprint density at radius 1 is 1.53 bits per heavy atom. The van der Waals surface area contributed by atoms with E-state index < -0.39 is 11.9 Å². The van der Waals surface area contributed by atoms with Crippen molar-refractivity contribution >= 4 is 17.8 Å². The number of carbonyl (C=O) groups excluding carboxylic acids is 2. The molecule has 0 aliphatic carbocycles. The number of piperidine rings is 1. The van der Waals surface area contributed by atoms with Crippen molar-refractivity contribution in [3.8, 4) is 0 Å². The van der Waals surface area contributed by atoms with E-state index in [1.54, 1.807) is 11.9 Å². The SMILES string of the molecule is COCCN(CC(=O)O)C(=O)[C@H]1CCN(C)C(=O)C1. The third-order valence-corrected chi connectivity index (χ3v) is 3.21. The van der Waals surface area contributed by atoms with E-state index in [1.807, 2.05) is 0 Å². The van der Waals surface area contributed by atoms with Gasteiger partial charge >= 0.3 is 5.97 Å². The summed E-state index contributed by atoms with van der Waals surface area (Å²) < 4.78 is 4.87. The molecule has 2 amide bonds. The number of methoxy groups -OCH3 is 1. The van der Waals surface area contributed by atoms with E-state index in [2.05, 4.69) is 0 Å². The zero-order valence-electron chi connectivity index (χ0n) is 11.3. The van der Waals surface area contributed by atoms with Crippen LogP contribution in [0.5, 0.6) is 0 Å². The van der Waals surface area contributed by atoms with E-state index in [9.17, 15) is 14.4 Å². The number of hydrogen-bond acceptors (Lipinski definition) is 4. The number of rotatable bonds is 6. The van der Waals surface area contributed by atoms with Crippen LogP contribution < -0.4 is 0 Å². The monoisotopic (exact) mass is 272 g/mol. The maximum Gasteiger partial charge on any atom is 0.323 e. The number of aliphatic carboxylic acids is 1. The predicted octanol–water partition coefficient (Wildman–Crippen LogP) is -0.586. The van der Waals surface area contributed by atoms with Crippen LogP contribution >= 0.6 is 0 Å². The summed E-state index contributed by atoms with van der Waals surface area (Å²) in [4.78, 5) is 37.4. The Morgan fingerprint density at radius 2 is 2.21 bits per heavy atom. The molecule has 0 spiro atoms. The molecule has 0 unspecified atom stereocenters. The molecule has 0 aromatic carbocycles. The molecule has 0 aromatic rings. The first-order valence-electron chi connectivity index (χ1n) is 6.19. The van der Waals surface area contributed by atoms with Crippen LogP contribution in [-0.4, -0.2) is 73.1 Å². The topological polar surface area (TPSA) is 87.2 Å². The first-order chi connectivity index (χ1) is 8.95. The van der Waals surface area contributed by atoms with Crippen molar-refractivity contribution in [1.82, 2.24) is 9.80 Å². The quantitative estimate of drug-likeness (QED) is 0.698. The highest BCUT2D eigenvalue weighted by molar-refractivity contribution is 5.88. The number of amides is 2. The fourth-order valence-corrected chi connectivity index (χ4v) is 2.04. The molecule has 1 saturated heterocycles. The molecule has 1 fully saturated rings. The van der Waals surface area contributed by atoms with Gasteiger partial charge in [-0.3, -0.25) is 14.4 Å². The minimum atomic E-state index is -1.07. The van der Waals surface area contributed by atoms with Gasteiger partial charge in [-0.25, -0.2) is 0 Å². The lowest BCUT2D eigenvalue weighted by Gasteiger charge is -2.31. The summed E-state index contributed by atoms with van der Waals surface area (Å²) in [7, 11) is 3.19. The first kappa shape index (κ1) is 15.4. The van der Waals surface area contributed by atoms with Gasteiger partial charge in [0.2, 0.25) is 11.8 Å². The number of likely N-dealkylation sites (tertiary alicyclic amines) is 1. The van der Waals surface area contributed by atoms with Gasteiger partial charge in [-0.15, -0.1) is 0 Å². The molecule has 0 aromatic heterocycles. The highest BCUT2D eigenvalue weighted by Crippen LogP contribution is 2.19. The average Bonchev–Trinajstić information content (AvgIpc) is 2.36. The molecule has 1 aliphatic heterocycles. The predicted molar refractivity (Wildman–Crippen MR) is 66.5 cm³/mol. The number of nitrogens with zero attached hydrogens (tertiary/aromatic N) is 2. The normalized spacial score (nSPS) is 19.4. The zero-order valence-corrected chi connectivity index (χ0v) is 11.3. The van der Waals surface area contributed by atoms with Crippen molar-refractivity contribution in [2.45, 2.75) is 12.8 Å². The van der Waals surface area contributed by atoms with Crippen molar-refractivity contribution in [3.63, 3.8) is 0 Å². The van der Waals surface area contributed by atoms with Gasteiger partial charge in [0.05, 0.1) is 6.61 Å². The van der Waals surface area contributed by atoms with Gasteiger partial charge in [-0.05, 0) is 6.42 Å². The van der Waals surface area contributed by atoms with Gasteiger partial charge in [-0.1, -0.05) is 0 Å². The largest absolute Gasteiger partial charge is 0.480 e. The lowest BCUT2D eigenvalue weighted by atomic mass is 9.95. The van der Waals surface area contributed by atoms with E-state index in [-0.39, 0.29) is 37.9 Å². The van der Waals surface area contributed by atoms with Crippen LogP contribution in [0.4, 0.5) is 0 Å². The summed E-state index contributed by atoms with van der Waals surface area (Å²) >= 11 is 0. The van der Waals surface area contributed by atoms with Crippen LogP contribution in [0.3, 0.4) is 0 Å². The average molecular weight is 272 g/mol. The van der Waals surface area contributed by atoms with E-state index in [0.29, 0.717) is 13.0 Å². The number of ether oxygens (including phenoxy) is 1. The molecule has 7 heteroatoms. The van der Waals surface area contributed by atoms with E-state index in [0.717, 1.165) is 0 Å². The molecule has 1 atom stereocenters. The standard InChI is InChI=1S/C12H20N2O5/c1-13-4-3-9(7-10(13)15)12(18)14(5-6-19-2)8-11(16)17/h9H,3-8H2,1-2H3,(H,16,17)/t9-/m0/s1. The highest BCUT2D eigenvalue weighted by Gasteiger charge is 2.32. The fourth-order valence-electron chi connectivity index (χ4n) is 2.04. The van der Waals surface area contributed by atoms with Gasteiger partial charge in [0, 0.05) is 39.6 Å². The molecule has 19 heavy (non-hydrogen) atoms. The Hall–Kier alpha value is -1.63. The summed E-state index contributed by atoms with van der Waals surface area (Å²) in [5.41, 5.74) is 0. The molecular formula is C12H20N2O5. The maximum absolute atomic E-state index is 12.2. The van der Waals surface area contributed by atoms with Crippen LogP contribution in [0.15, 0.2) is 0 Å². The smallest absolute Gasteiger partial charge is 0.323 e. The van der Waals surface area contributed by atoms with Crippen LogP contribution in [0, 0.1) is 5.92 Å². The van der Waals surface area contributed by atoms with Crippen LogP contribution in [0.25, 0.3) is 0 Å². The number of carboxylic acid groups (broad SMARTS) is 1. The number of carboxylic acids is 1. The summed E-state index contributed by atoms with van der Waals surface area (Å²) in [6.07, 6.45) is 0.725. The highest BCUT2D eigenvalue weighted by atomic mass is 16.5. The molecule has 1 rings (SSSR count). The van der Waals surface area contributed by atoms with Gasteiger partial charge in [0.15, 0.2) is 0 Å². The maximum atomic E-state index is 12.2. The van der Waals surface area contributed by atoms with Crippen LogP contribution in [-0.2, 0) is 19.1 Å². The second kappa shape index (κ2) is 7.08. The van der Waals surface area contributed by atoms with Crippen molar-refractivity contribution in [1.29, 1.82) is 0 Å². The minimum absolute atomic E-state index is 0.0772. The number of hydrogen-bond donors (Lipinski definition) is 1. The molecule has 0 saturated carbocycles. The van der Waals surface area contributed by atoms with E-state index >= 15 is 0 Å². The molecule has 1 aliphatic rings. The molecular weight excluding hydrogens is 252 g/mol. The Morgan fingerprint density at radius 3 is 2.74 bits per heavy atom. The summed E-state index contributed by atoms with van der Waals surface area (Å²) in [5.74, 6) is -1.84. The van der Waals surface area contributed by atoms with Gasteiger partial charge in [0.1, 0.15) is 6.54 Å². The first-order valence-corrected chi connectivity index (χ1v) is 6.19. The third kappa shape index (κ3) is 4.51. The molecule has 0 bridgehead atoms. The Labute approximate surface area is 112 Å². The van der Waals surface area contributed by atoms with Gasteiger partial charge in [-0.2, -0.15) is 0 Å². The zero-order chi connectivity index (χ0) is 14.4. The fraction of sp³-hybridized carbons (Fsp3) is 0.750. The lowest BCUT2D eigenvalue weighted by Crippen LogP contribution is -2.46. The second-order valence-corrected chi connectivity index (χ2v) is 4.65. The molecule has 7 nitrogen and oxygen atoms in total. The molecule has 1 heterocycles. The van der Waals surface area contributed by atoms with E-state index in [4.69, 9.17) is 9.84 Å². The van der Waals surface area contributed by atoms with Crippen molar-refractivity contribution in [2.24, 2.45) is 5.92 Å². The van der Waals surface area contributed by atoms with E-state index in [1.165, 1.54) is 12.0 Å². The second-order valence-electron chi connectivity index (χ2n) is 4.65. The lowest BCUT2D eigenvalue weighted by molar-refractivity contribution is -0.149. The Bertz CT molecular complexity index is 358. The number of carbonyl (C=O) groups is 3. The Kier molecular flexibility index (Phi) is 5.75. The summed E-state index contributed by atoms with van der Waals surface area (Å²) in [5, 5.41) is 8.81. The van der Waals surface area contributed by atoms with Crippen LogP contribution in [0.2, 0.25) is 0 Å². The van der Waals surface area contributed by atoms with Crippen LogP contribution in [0.1, 0.15) is 12.8 Å². The molecule has 108 valence electrons.